The van der Waals surface area contributed by atoms with Gasteiger partial charge in [-0.2, -0.15) is 0 Å². The molecule has 2 heterocycles. The second-order valence-corrected chi connectivity index (χ2v) is 5.69. The van der Waals surface area contributed by atoms with E-state index in [4.69, 9.17) is 10.5 Å². The monoisotopic (exact) mass is 291 g/mol. The number of rotatable bonds is 4. The Morgan fingerprint density at radius 3 is 3.05 bits per heavy atom. The van der Waals surface area contributed by atoms with Crippen LogP contribution in [0.3, 0.4) is 0 Å². The molecule has 21 heavy (non-hydrogen) atoms. The van der Waals surface area contributed by atoms with Gasteiger partial charge in [-0.05, 0) is 19.8 Å². The van der Waals surface area contributed by atoms with Crippen molar-refractivity contribution in [3.63, 3.8) is 0 Å². The number of nitrogen functional groups attached to an aromatic ring is 1. The fourth-order valence-electron chi connectivity index (χ4n) is 2.50. The van der Waals surface area contributed by atoms with E-state index < -0.39 is 0 Å². The average Bonchev–Trinajstić information content (AvgIpc) is 3.22. The number of aryl methyl sites for hydroxylation is 1. The second-order valence-electron chi connectivity index (χ2n) is 5.69. The molecule has 114 valence electrons. The lowest BCUT2D eigenvalue weighted by molar-refractivity contribution is -0.133. The smallest absolute Gasteiger partial charge is 0.239 e. The largest absolute Gasteiger partial charge is 0.384 e. The summed E-state index contributed by atoms with van der Waals surface area (Å²) in [5.41, 5.74) is 6.60. The van der Waals surface area contributed by atoms with Gasteiger partial charge in [0.15, 0.2) is 0 Å². The lowest BCUT2D eigenvalue weighted by Gasteiger charge is -2.34. The predicted molar refractivity (Wildman–Crippen MR) is 77.4 cm³/mol. The summed E-state index contributed by atoms with van der Waals surface area (Å²) in [5.74, 6) is 1.15. The van der Waals surface area contributed by atoms with Crippen molar-refractivity contribution in [1.82, 2.24) is 20.2 Å². The number of nitrogens with zero attached hydrogens (tertiary/aromatic N) is 3. The second kappa shape index (κ2) is 5.95. The Kier molecular flexibility index (Phi) is 4.03. The van der Waals surface area contributed by atoms with Crippen molar-refractivity contribution < 1.29 is 9.53 Å². The van der Waals surface area contributed by atoms with Crippen LogP contribution >= 0.6 is 0 Å². The van der Waals surface area contributed by atoms with Crippen LogP contribution in [0.1, 0.15) is 24.4 Å². The number of nitrogens with two attached hydrogens (primary N) is 1. The van der Waals surface area contributed by atoms with E-state index >= 15 is 0 Å². The summed E-state index contributed by atoms with van der Waals surface area (Å²) in [4.78, 5) is 23.0. The number of amides is 1. The Morgan fingerprint density at radius 1 is 1.52 bits per heavy atom. The molecular formula is C14H21N5O2. The third kappa shape index (κ3) is 3.68. The van der Waals surface area contributed by atoms with Crippen molar-refractivity contribution in [2.75, 3.05) is 25.5 Å². The molecule has 0 spiro atoms. The van der Waals surface area contributed by atoms with Gasteiger partial charge >= 0.3 is 0 Å². The van der Waals surface area contributed by atoms with Gasteiger partial charge in [-0.25, -0.2) is 9.97 Å². The van der Waals surface area contributed by atoms with Gasteiger partial charge in [0, 0.05) is 24.3 Å². The Morgan fingerprint density at radius 2 is 2.33 bits per heavy atom. The lowest BCUT2D eigenvalue weighted by atomic mass is 10.2. The van der Waals surface area contributed by atoms with Gasteiger partial charge in [0.05, 0.1) is 19.8 Å². The molecule has 1 saturated heterocycles. The van der Waals surface area contributed by atoms with Gasteiger partial charge in [0.2, 0.25) is 5.91 Å². The minimum Gasteiger partial charge on any atom is -0.384 e. The number of hydrogen-bond acceptors (Lipinski definition) is 6. The van der Waals surface area contributed by atoms with Crippen LogP contribution < -0.4 is 11.1 Å². The molecule has 1 aliphatic heterocycles. The molecule has 1 aromatic heterocycles. The van der Waals surface area contributed by atoms with E-state index in [0.717, 1.165) is 18.5 Å². The normalized spacial score (nSPS) is 23.0. The van der Waals surface area contributed by atoms with Gasteiger partial charge in [-0.1, -0.05) is 0 Å². The molecule has 3 N–H and O–H groups in total. The molecule has 1 atom stereocenters. The zero-order valence-electron chi connectivity index (χ0n) is 12.2. The molecule has 3 rings (SSSR count). The van der Waals surface area contributed by atoms with E-state index in [1.54, 1.807) is 6.07 Å². The SMILES string of the molecule is Cc1cc(N)nc(CN2CCOCC2C(=O)NC2CC2)n1. The molecule has 1 amide bonds. The fourth-order valence-corrected chi connectivity index (χ4v) is 2.50. The summed E-state index contributed by atoms with van der Waals surface area (Å²) in [7, 11) is 0. The third-order valence-electron chi connectivity index (χ3n) is 3.73. The molecule has 1 saturated carbocycles. The van der Waals surface area contributed by atoms with E-state index in [9.17, 15) is 4.79 Å². The lowest BCUT2D eigenvalue weighted by Crippen LogP contribution is -2.53. The zero-order valence-corrected chi connectivity index (χ0v) is 12.2. The number of ether oxygens (including phenoxy) is 1. The number of aromatic nitrogens is 2. The molecule has 7 nitrogen and oxygen atoms in total. The highest BCUT2D eigenvalue weighted by Gasteiger charge is 2.33. The molecular weight excluding hydrogens is 270 g/mol. The number of nitrogens with one attached hydrogen (secondary N) is 1. The van der Waals surface area contributed by atoms with Crippen molar-refractivity contribution in [3.05, 3.63) is 17.6 Å². The topological polar surface area (TPSA) is 93.4 Å². The molecule has 1 unspecified atom stereocenters. The van der Waals surface area contributed by atoms with E-state index in [0.29, 0.717) is 44.0 Å². The first-order valence-electron chi connectivity index (χ1n) is 7.34. The van der Waals surface area contributed by atoms with Crippen LogP contribution in [0.15, 0.2) is 6.07 Å². The van der Waals surface area contributed by atoms with Gasteiger partial charge in [0.25, 0.3) is 0 Å². The standard InChI is InChI=1S/C14H21N5O2/c1-9-6-12(15)18-13(16-9)7-19-4-5-21-8-11(19)14(20)17-10-2-3-10/h6,10-11H,2-5,7-8H2,1H3,(H,17,20)(H2,15,16,18). The average molecular weight is 291 g/mol. The van der Waals surface area contributed by atoms with E-state index in [1.165, 1.54) is 0 Å². The molecule has 0 aromatic carbocycles. The van der Waals surface area contributed by atoms with Crippen LogP contribution in [0.2, 0.25) is 0 Å². The number of morpholine rings is 1. The van der Waals surface area contributed by atoms with Gasteiger partial charge in [-0.3, -0.25) is 9.69 Å². The summed E-state index contributed by atoms with van der Waals surface area (Å²) in [6.45, 7) is 4.13. The minimum absolute atomic E-state index is 0.0397. The van der Waals surface area contributed by atoms with Crippen molar-refractivity contribution in [2.45, 2.75) is 38.4 Å². The number of anilines is 1. The molecule has 2 aliphatic rings. The van der Waals surface area contributed by atoms with Crippen molar-refractivity contribution in [3.8, 4) is 0 Å². The highest BCUT2D eigenvalue weighted by molar-refractivity contribution is 5.82. The minimum atomic E-state index is -0.273. The van der Waals surface area contributed by atoms with Crippen LogP contribution in [0.5, 0.6) is 0 Å². The maximum Gasteiger partial charge on any atom is 0.239 e. The third-order valence-corrected chi connectivity index (χ3v) is 3.73. The van der Waals surface area contributed by atoms with Gasteiger partial charge < -0.3 is 15.8 Å². The van der Waals surface area contributed by atoms with Crippen LogP contribution in [0.25, 0.3) is 0 Å². The number of carbonyl (C=O) groups excluding carboxylic acids is 1. The highest BCUT2D eigenvalue weighted by Crippen LogP contribution is 2.20. The van der Waals surface area contributed by atoms with E-state index in [2.05, 4.69) is 20.2 Å². The van der Waals surface area contributed by atoms with Crippen LogP contribution in [0.4, 0.5) is 5.82 Å². The maximum atomic E-state index is 12.3. The molecule has 0 radical (unpaired) electrons. The summed E-state index contributed by atoms with van der Waals surface area (Å²) in [6, 6.07) is 1.82. The summed E-state index contributed by atoms with van der Waals surface area (Å²) < 4.78 is 5.45. The number of carbonyl (C=O) groups is 1. The number of hydrogen-bond donors (Lipinski definition) is 2. The Balaban J connectivity index is 1.69. The van der Waals surface area contributed by atoms with Gasteiger partial charge in [0.1, 0.15) is 17.7 Å². The van der Waals surface area contributed by atoms with Crippen molar-refractivity contribution in [2.24, 2.45) is 0 Å². The van der Waals surface area contributed by atoms with E-state index in [1.807, 2.05) is 6.92 Å². The first-order chi connectivity index (χ1) is 10.1. The van der Waals surface area contributed by atoms with Crippen LogP contribution in [-0.2, 0) is 16.1 Å². The molecule has 2 fully saturated rings. The maximum absolute atomic E-state index is 12.3. The predicted octanol–water partition coefficient (Wildman–Crippen LogP) is -0.153. The Labute approximate surface area is 123 Å². The molecule has 0 bridgehead atoms. The van der Waals surface area contributed by atoms with Crippen LogP contribution in [-0.4, -0.2) is 52.6 Å². The fraction of sp³-hybridized carbons (Fsp3) is 0.643. The quantitative estimate of drug-likeness (QED) is 0.801. The summed E-state index contributed by atoms with van der Waals surface area (Å²) in [6.07, 6.45) is 2.16. The Hall–Kier alpha value is -1.73. The summed E-state index contributed by atoms with van der Waals surface area (Å²) >= 11 is 0. The van der Waals surface area contributed by atoms with Crippen LogP contribution in [0, 0.1) is 6.92 Å². The van der Waals surface area contributed by atoms with Crippen molar-refractivity contribution >= 4 is 11.7 Å². The van der Waals surface area contributed by atoms with Crippen molar-refractivity contribution in [1.29, 1.82) is 0 Å². The first kappa shape index (κ1) is 14.2. The summed E-state index contributed by atoms with van der Waals surface area (Å²) in [5, 5.41) is 3.04. The highest BCUT2D eigenvalue weighted by atomic mass is 16.5. The Bertz CT molecular complexity index is 512. The zero-order chi connectivity index (χ0) is 14.8. The first-order valence-corrected chi connectivity index (χ1v) is 7.34. The molecule has 7 heteroatoms. The molecule has 1 aromatic rings. The van der Waals surface area contributed by atoms with Gasteiger partial charge in [-0.15, -0.1) is 0 Å². The van der Waals surface area contributed by atoms with E-state index in [-0.39, 0.29) is 11.9 Å². The molecule has 1 aliphatic carbocycles.